The van der Waals surface area contributed by atoms with Gasteiger partial charge in [0, 0.05) is 19.3 Å². The molecule has 19 heavy (non-hydrogen) atoms. The molecule has 0 aliphatic heterocycles. The summed E-state index contributed by atoms with van der Waals surface area (Å²) in [6.45, 7) is 9.79. The summed E-state index contributed by atoms with van der Waals surface area (Å²) in [5, 5.41) is 2.89. The topological polar surface area (TPSA) is 32.3 Å². The lowest BCUT2D eigenvalue weighted by atomic mass is 9.87. The number of carbonyl (C=O) groups excluding carboxylic acids is 1. The van der Waals surface area contributed by atoms with Gasteiger partial charge in [-0.05, 0) is 29.5 Å². The molecular formula is C16H26N2O. The second kappa shape index (κ2) is 6.60. The zero-order valence-electron chi connectivity index (χ0n) is 12.8. The molecule has 0 radical (unpaired) electrons. The first-order valence-electron chi connectivity index (χ1n) is 6.93. The van der Waals surface area contributed by atoms with Gasteiger partial charge in [-0.3, -0.25) is 4.79 Å². The summed E-state index contributed by atoms with van der Waals surface area (Å²) in [5.41, 5.74) is 2.54. The average Bonchev–Trinajstić information content (AvgIpc) is 2.35. The largest absolute Gasteiger partial charge is 0.365 e. The highest BCUT2D eigenvalue weighted by Crippen LogP contribution is 2.24. The SMILES string of the molecule is CCCNC(=O)CN(C)c1ccc(C(C)(C)C)cc1. The molecule has 1 aromatic carbocycles. The van der Waals surface area contributed by atoms with Crippen LogP contribution in [0.15, 0.2) is 24.3 Å². The summed E-state index contributed by atoms with van der Waals surface area (Å²) in [5.74, 6) is 0.0734. The third-order valence-corrected chi connectivity index (χ3v) is 3.13. The highest BCUT2D eigenvalue weighted by atomic mass is 16.2. The van der Waals surface area contributed by atoms with Gasteiger partial charge >= 0.3 is 0 Å². The number of hydrogen-bond acceptors (Lipinski definition) is 2. The monoisotopic (exact) mass is 262 g/mol. The zero-order chi connectivity index (χ0) is 14.5. The number of nitrogens with zero attached hydrogens (tertiary/aromatic N) is 1. The van der Waals surface area contributed by atoms with Gasteiger partial charge in [-0.15, -0.1) is 0 Å². The maximum atomic E-state index is 11.7. The van der Waals surface area contributed by atoms with Gasteiger partial charge in [0.1, 0.15) is 0 Å². The normalized spacial score (nSPS) is 11.2. The second-order valence-corrected chi connectivity index (χ2v) is 6.00. The van der Waals surface area contributed by atoms with Crippen LogP contribution in [0.3, 0.4) is 0 Å². The molecule has 0 aliphatic carbocycles. The standard InChI is InChI=1S/C16H26N2O/c1-6-11-17-15(19)12-18(5)14-9-7-13(8-10-14)16(2,3)4/h7-10H,6,11-12H2,1-5H3,(H,17,19). The maximum Gasteiger partial charge on any atom is 0.239 e. The van der Waals surface area contributed by atoms with E-state index in [1.54, 1.807) is 0 Å². The van der Waals surface area contributed by atoms with Gasteiger partial charge < -0.3 is 10.2 Å². The molecule has 0 aliphatic rings. The number of hydrogen-bond donors (Lipinski definition) is 1. The lowest BCUT2D eigenvalue weighted by molar-refractivity contribution is -0.119. The number of rotatable bonds is 5. The molecule has 3 nitrogen and oxygen atoms in total. The number of anilines is 1. The lowest BCUT2D eigenvalue weighted by Crippen LogP contribution is -2.35. The van der Waals surface area contributed by atoms with E-state index in [4.69, 9.17) is 0 Å². The first kappa shape index (κ1) is 15.5. The van der Waals surface area contributed by atoms with E-state index in [0.29, 0.717) is 6.54 Å². The van der Waals surface area contributed by atoms with Crippen LogP contribution in [0.5, 0.6) is 0 Å². The van der Waals surface area contributed by atoms with Crippen LogP contribution in [0.2, 0.25) is 0 Å². The van der Waals surface area contributed by atoms with E-state index in [-0.39, 0.29) is 11.3 Å². The summed E-state index contributed by atoms with van der Waals surface area (Å²) < 4.78 is 0. The quantitative estimate of drug-likeness (QED) is 0.885. The Hall–Kier alpha value is -1.51. The van der Waals surface area contributed by atoms with Crippen molar-refractivity contribution in [3.05, 3.63) is 29.8 Å². The van der Waals surface area contributed by atoms with Gasteiger partial charge in [-0.25, -0.2) is 0 Å². The van der Waals surface area contributed by atoms with Crippen molar-refractivity contribution in [2.24, 2.45) is 0 Å². The molecule has 0 unspecified atom stereocenters. The maximum absolute atomic E-state index is 11.7. The van der Waals surface area contributed by atoms with Gasteiger partial charge in [0.15, 0.2) is 0 Å². The smallest absolute Gasteiger partial charge is 0.239 e. The van der Waals surface area contributed by atoms with E-state index < -0.39 is 0 Å². The first-order valence-corrected chi connectivity index (χ1v) is 6.93. The minimum absolute atomic E-state index is 0.0734. The molecular weight excluding hydrogens is 236 g/mol. The number of benzene rings is 1. The van der Waals surface area contributed by atoms with E-state index in [9.17, 15) is 4.79 Å². The van der Waals surface area contributed by atoms with Crippen molar-refractivity contribution in [1.29, 1.82) is 0 Å². The van der Waals surface area contributed by atoms with Crippen molar-refractivity contribution in [2.75, 3.05) is 25.0 Å². The van der Waals surface area contributed by atoms with Crippen molar-refractivity contribution in [3.8, 4) is 0 Å². The van der Waals surface area contributed by atoms with Crippen molar-refractivity contribution in [2.45, 2.75) is 39.5 Å². The molecule has 1 aromatic rings. The Morgan fingerprint density at radius 3 is 2.26 bits per heavy atom. The third-order valence-electron chi connectivity index (χ3n) is 3.13. The summed E-state index contributed by atoms with van der Waals surface area (Å²) in [7, 11) is 1.94. The van der Waals surface area contributed by atoms with E-state index in [0.717, 1.165) is 18.7 Å². The van der Waals surface area contributed by atoms with E-state index in [2.05, 4.69) is 57.3 Å². The fraction of sp³-hybridized carbons (Fsp3) is 0.562. The molecule has 0 saturated carbocycles. The number of likely N-dealkylation sites (N-methyl/N-ethyl adjacent to an activating group) is 1. The highest BCUT2D eigenvalue weighted by molar-refractivity contribution is 5.81. The van der Waals surface area contributed by atoms with Crippen molar-refractivity contribution < 1.29 is 4.79 Å². The van der Waals surface area contributed by atoms with Crippen LogP contribution in [-0.2, 0) is 10.2 Å². The van der Waals surface area contributed by atoms with Gasteiger partial charge in [-0.1, -0.05) is 39.8 Å². The molecule has 1 amide bonds. The highest BCUT2D eigenvalue weighted by Gasteiger charge is 2.14. The molecule has 1 N–H and O–H groups in total. The van der Waals surface area contributed by atoms with Crippen LogP contribution >= 0.6 is 0 Å². The molecule has 0 fully saturated rings. The molecule has 0 aromatic heterocycles. The van der Waals surface area contributed by atoms with Gasteiger partial charge in [-0.2, -0.15) is 0 Å². The Morgan fingerprint density at radius 2 is 1.79 bits per heavy atom. The van der Waals surface area contributed by atoms with Gasteiger partial charge in [0.2, 0.25) is 5.91 Å². The molecule has 0 spiro atoms. The Labute approximate surface area is 117 Å². The first-order chi connectivity index (χ1) is 8.84. The number of carbonyl (C=O) groups is 1. The van der Waals surface area contributed by atoms with Gasteiger partial charge in [0.05, 0.1) is 6.54 Å². The summed E-state index contributed by atoms with van der Waals surface area (Å²) in [4.78, 5) is 13.6. The Kier molecular flexibility index (Phi) is 5.40. The fourth-order valence-corrected chi connectivity index (χ4v) is 1.84. The fourth-order valence-electron chi connectivity index (χ4n) is 1.84. The third kappa shape index (κ3) is 4.93. The Balaban J connectivity index is 2.63. The van der Waals surface area contributed by atoms with Gasteiger partial charge in [0.25, 0.3) is 0 Å². The molecule has 0 heterocycles. The second-order valence-electron chi connectivity index (χ2n) is 6.00. The van der Waals surface area contributed by atoms with Crippen LogP contribution in [0.1, 0.15) is 39.7 Å². The van der Waals surface area contributed by atoms with E-state index >= 15 is 0 Å². The predicted octanol–water partition coefficient (Wildman–Crippen LogP) is 2.95. The van der Waals surface area contributed by atoms with Crippen LogP contribution < -0.4 is 10.2 Å². The van der Waals surface area contributed by atoms with Crippen LogP contribution in [0, 0.1) is 0 Å². The minimum Gasteiger partial charge on any atom is -0.365 e. The van der Waals surface area contributed by atoms with Crippen LogP contribution in [0.25, 0.3) is 0 Å². The Morgan fingerprint density at radius 1 is 1.21 bits per heavy atom. The lowest BCUT2D eigenvalue weighted by Gasteiger charge is -2.22. The van der Waals surface area contributed by atoms with Crippen molar-refractivity contribution in [1.82, 2.24) is 5.32 Å². The molecule has 0 saturated heterocycles. The number of nitrogens with one attached hydrogen (secondary N) is 1. The molecule has 1 rings (SSSR count). The summed E-state index contributed by atoms with van der Waals surface area (Å²) in [6, 6.07) is 8.42. The number of amides is 1. The molecule has 0 bridgehead atoms. The average molecular weight is 262 g/mol. The van der Waals surface area contributed by atoms with E-state index in [1.165, 1.54) is 5.56 Å². The van der Waals surface area contributed by atoms with E-state index in [1.807, 2.05) is 11.9 Å². The van der Waals surface area contributed by atoms with Crippen LogP contribution in [-0.4, -0.2) is 26.0 Å². The molecule has 3 heteroatoms. The zero-order valence-corrected chi connectivity index (χ0v) is 12.8. The summed E-state index contributed by atoms with van der Waals surface area (Å²) in [6.07, 6.45) is 0.968. The molecule has 106 valence electrons. The van der Waals surface area contributed by atoms with Crippen molar-refractivity contribution >= 4 is 11.6 Å². The predicted molar refractivity (Wildman–Crippen MR) is 81.7 cm³/mol. The minimum atomic E-state index is 0.0734. The van der Waals surface area contributed by atoms with Crippen LogP contribution in [0.4, 0.5) is 5.69 Å². The summed E-state index contributed by atoms with van der Waals surface area (Å²) >= 11 is 0. The molecule has 0 atom stereocenters. The Bertz CT molecular complexity index is 404. The van der Waals surface area contributed by atoms with Crippen molar-refractivity contribution in [3.63, 3.8) is 0 Å².